The normalized spacial score (nSPS) is 10.1. The summed E-state index contributed by atoms with van der Waals surface area (Å²) in [5.74, 6) is 1.08. The standard InChI is InChI=1S/C20H24N2O4/c1-4-26-19-11-7-17(8-12-19)21-20(24)14-22(15(2)23)13-16-5-9-18(25-3)10-6-16/h5-12H,4,13-14H2,1-3H3,(H,21,24). The average Bonchev–Trinajstić information content (AvgIpc) is 2.63. The molecule has 0 fully saturated rings. The lowest BCUT2D eigenvalue weighted by atomic mass is 10.2. The van der Waals surface area contributed by atoms with Crippen molar-refractivity contribution in [3.63, 3.8) is 0 Å². The maximum Gasteiger partial charge on any atom is 0.244 e. The van der Waals surface area contributed by atoms with Crippen molar-refractivity contribution in [2.75, 3.05) is 25.6 Å². The molecule has 2 amide bonds. The van der Waals surface area contributed by atoms with Gasteiger partial charge in [-0.25, -0.2) is 0 Å². The summed E-state index contributed by atoms with van der Waals surface area (Å²) in [5, 5.41) is 2.79. The zero-order chi connectivity index (χ0) is 18.9. The molecular formula is C20H24N2O4. The van der Waals surface area contributed by atoms with Gasteiger partial charge >= 0.3 is 0 Å². The SMILES string of the molecule is CCOc1ccc(NC(=O)CN(Cc2ccc(OC)cc2)C(C)=O)cc1. The van der Waals surface area contributed by atoms with E-state index in [0.717, 1.165) is 17.1 Å². The maximum atomic E-state index is 12.3. The fourth-order valence-electron chi connectivity index (χ4n) is 2.40. The second kappa shape index (κ2) is 9.46. The monoisotopic (exact) mass is 356 g/mol. The summed E-state index contributed by atoms with van der Waals surface area (Å²) in [6.07, 6.45) is 0. The fraction of sp³-hybridized carbons (Fsp3) is 0.300. The van der Waals surface area contributed by atoms with Crippen molar-refractivity contribution in [2.45, 2.75) is 20.4 Å². The molecule has 0 aliphatic carbocycles. The molecule has 0 aromatic heterocycles. The molecule has 0 saturated carbocycles. The minimum atomic E-state index is -0.252. The van der Waals surface area contributed by atoms with Crippen LogP contribution in [-0.4, -0.2) is 37.0 Å². The Labute approximate surface area is 153 Å². The quantitative estimate of drug-likeness (QED) is 0.789. The largest absolute Gasteiger partial charge is 0.497 e. The number of amides is 2. The molecule has 0 atom stereocenters. The van der Waals surface area contributed by atoms with E-state index in [1.807, 2.05) is 31.2 Å². The van der Waals surface area contributed by atoms with Crippen molar-refractivity contribution in [1.82, 2.24) is 4.90 Å². The molecule has 0 radical (unpaired) electrons. The first kappa shape index (κ1) is 19.3. The highest BCUT2D eigenvalue weighted by Gasteiger charge is 2.14. The van der Waals surface area contributed by atoms with Gasteiger partial charge in [0.05, 0.1) is 13.7 Å². The van der Waals surface area contributed by atoms with Gasteiger partial charge in [0.25, 0.3) is 0 Å². The summed E-state index contributed by atoms with van der Waals surface area (Å²) in [6, 6.07) is 14.5. The summed E-state index contributed by atoms with van der Waals surface area (Å²) in [7, 11) is 1.60. The van der Waals surface area contributed by atoms with Crippen LogP contribution in [0.15, 0.2) is 48.5 Å². The van der Waals surface area contributed by atoms with Gasteiger partial charge in [-0.05, 0) is 48.9 Å². The van der Waals surface area contributed by atoms with Gasteiger partial charge in [-0.15, -0.1) is 0 Å². The molecule has 0 spiro atoms. The van der Waals surface area contributed by atoms with E-state index in [4.69, 9.17) is 9.47 Å². The van der Waals surface area contributed by atoms with Crippen LogP contribution in [0.5, 0.6) is 11.5 Å². The van der Waals surface area contributed by atoms with E-state index in [2.05, 4.69) is 5.32 Å². The molecule has 6 nitrogen and oxygen atoms in total. The summed E-state index contributed by atoms with van der Waals surface area (Å²) >= 11 is 0. The lowest BCUT2D eigenvalue weighted by Gasteiger charge is -2.21. The molecule has 0 saturated heterocycles. The Morgan fingerprint density at radius 3 is 2.15 bits per heavy atom. The Balaban J connectivity index is 1.95. The van der Waals surface area contributed by atoms with E-state index in [-0.39, 0.29) is 18.4 Å². The number of methoxy groups -OCH3 is 1. The zero-order valence-corrected chi connectivity index (χ0v) is 15.3. The molecule has 2 rings (SSSR count). The number of rotatable bonds is 8. The number of nitrogens with one attached hydrogen (secondary N) is 1. The first-order valence-corrected chi connectivity index (χ1v) is 8.43. The van der Waals surface area contributed by atoms with Crippen molar-refractivity contribution >= 4 is 17.5 Å². The van der Waals surface area contributed by atoms with Gasteiger partial charge in [-0.1, -0.05) is 12.1 Å². The second-order valence-electron chi connectivity index (χ2n) is 5.73. The number of anilines is 1. The van der Waals surface area contributed by atoms with Gasteiger partial charge in [-0.3, -0.25) is 9.59 Å². The number of carbonyl (C=O) groups is 2. The molecule has 0 bridgehead atoms. The van der Waals surface area contributed by atoms with Crippen LogP contribution >= 0.6 is 0 Å². The Morgan fingerprint density at radius 2 is 1.62 bits per heavy atom. The third-order valence-corrected chi connectivity index (χ3v) is 3.76. The van der Waals surface area contributed by atoms with E-state index in [1.54, 1.807) is 31.4 Å². The zero-order valence-electron chi connectivity index (χ0n) is 15.3. The van der Waals surface area contributed by atoms with Gasteiger partial charge in [0, 0.05) is 19.2 Å². The topological polar surface area (TPSA) is 67.9 Å². The molecule has 0 heterocycles. The molecule has 0 aliphatic rings. The first-order valence-electron chi connectivity index (χ1n) is 8.43. The molecule has 138 valence electrons. The molecule has 0 aliphatic heterocycles. The maximum absolute atomic E-state index is 12.3. The number of hydrogen-bond acceptors (Lipinski definition) is 4. The van der Waals surface area contributed by atoms with Gasteiger partial charge in [0.15, 0.2) is 0 Å². The Kier molecular flexibility index (Phi) is 7.02. The van der Waals surface area contributed by atoms with E-state index in [0.29, 0.717) is 18.8 Å². The van der Waals surface area contributed by atoms with Crippen molar-refractivity contribution in [3.05, 3.63) is 54.1 Å². The minimum Gasteiger partial charge on any atom is -0.497 e. The molecule has 6 heteroatoms. The van der Waals surface area contributed by atoms with Crippen molar-refractivity contribution in [2.24, 2.45) is 0 Å². The molecule has 2 aromatic carbocycles. The smallest absolute Gasteiger partial charge is 0.244 e. The molecule has 0 unspecified atom stereocenters. The highest BCUT2D eigenvalue weighted by Crippen LogP contribution is 2.16. The predicted octanol–water partition coefficient (Wildman–Crippen LogP) is 3.08. The summed E-state index contributed by atoms with van der Waals surface area (Å²) in [6.45, 7) is 4.29. The van der Waals surface area contributed by atoms with Crippen molar-refractivity contribution in [3.8, 4) is 11.5 Å². The summed E-state index contributed by atoms with van der Waals surface area (Å²) in [5.41, 5.74) is 1.58. The number of benzene rings is 2. The van der Waals surface area contributed by atoms with Gasteiger partial charge in [0.2, 0.25) is 11.8 Å². The van der Waals surface area contributed by atoms with Crippen molar-refractivity contribution < 1.29 is 19.1 Å². The third-order valence-electron chi connectivity index (χ3n) is 3.76. The van der Waals surface area contributed by atoms with Crippen LogP contribution in [0.3, 0.4) is 0 Å². The number of carbonyl (C=O) groups excluding carboxylic acids is 2. The highest BCUT2D eigenvalue weighted by atomic mass is 16.5. The van der Waals surface area contributed by atoms with Crippen LogP contribution in [0, 0.1) is 0 Å². The average molecular weight is 356 g/mol. The van der Waals surface area contributed by atoms with E-state index in [1.165, 1.54) is 11.8 Å². The Morgan fingerprint density at radius 1 is 1.00 bits per heavy atom. The van der Waals surface area contributed by atoms with Crippen molar-refractivity contribution in [1.29, 1.82) is 0 Å². The van der Waals surface area contributed by atoms with E-state index >= 15 is 0 Å². The number of ether oxygens (including phenoxy) is 2. The van der Waals surface area contributed by atoms with Crippen LogP contribution in [0.4, 0.5) is 5.69 Å². The van der Waals surface area contributed by atoms with Crippen LogP contribution in [-0.2, 0) is 16.1 Å². The third kappa shape index (κ3) is 5.81. The minimum absolute atomic E-state index is 0.0193. The lowest BCUT2D eigenvalue weighted by molar-refractivity contribution is -0.133. The number of nitrogens with zero attached hydrogens (tertiary/aromatic N) is 1. The first-order chi connectivity index (χ1) is 12.5. The summed E-state index contributed by atoms with van der Waals surface area (Å²) < 4.78 is 10.5. The lowest BCUT2D eigenvalue weighted by Crippen LogP contribution is -2.36. The van der Waals surface area contributed by atoms with Crippen LogP contribution < -0.4 is 14.8 Å². The Hall–Kier alpha value is -3.02. The van der Waals surface area contributed by atoms with Crippen LogP contribution in [0.2, 0.25) is 0 Å². The predicted molar refractivity (Wildman–Crippen MR) is 100 cm³/mol. The summed E-state index contributed by atoms with van der Waals surface area (Å²) in [4.78, 5) is 25.6. The van der Waals surface area contributed by atoms with Gasteiger partial charge in [0.1, 0.15) is 18.0 Å². The Bertz CT molecular complexity index is 726. The van der Waals surface area contributed by atoms with Gasteiger partial charge in [-0.2, -0.15) is 0 Å². The molecule has 2 aromatic rings. The number of hydrogen-bond donors (Lipinski definition) is 1. The van der Waals surface area contributed by atoms with Crippen LogP contribution in [0.25, 0.3) is 0 Å². The molecule has 1 N–H and O–H groups in total. The second-order valence-corrected chi connectivity index (χ2v) is 5.73. The highest BCUT2D eigenvalue weighted by molar-refractivity contribution is 5.94. The molecular weight excluding hydrogens is 332 g/mol. The van der Waals surface area contributed by atoms with Crippen LogP contribution in [0.1, 0.15) is 19.4 Å². The van der Waals surface area contributed by atoms with E-state index in [9.17, 15) is 9.59 Å². The van der Waals surface area contributed by atoms with Gasteiger partial charge < -0.3 is 19.7 Å². The van der Waals surface area contributed by atoms with E-state index < -0.39 is 0 Å². The fourth-order valence-corrected chi connectivity index (χ4v) is 2.40. The molecule has 26 heavy (non-hydrogen) atoms.